The molecule has 4 nitrogen and oxygen atoms in total. The lowest BCUT2D eigenvalue weighted by Crippen LogP contribution is -2.20. The normalized spacial score (nSPS) is 15.3. The van der Waals surface area contributed by atoms with Gasteiger partial charge in [-0.1, -0.05) is 30.3 Å². The van der Waals surface area contributed by atoms with Crippen molar-refractivity contribution in [2.24, 2.45) is 0 Å². The van der Waals surface area contributed by atoms with Gasteiger partial charge in [-0.15, -0.1) is 0 Å². The second-order valence-electron chi connectivity index (χ2n) is 4.90. The zero-order valence-electron chi connectivity index (χ0n) is 12.9. The first-order valence-corrected chi connectivity index (χ1v) is 8.49. The zero-order chi connectivity index (χ0) is 16.7. The quantitative estimate of drug-likeness (QED) is 0.840. The number of rotatable bonds is 4. The first kappa shape index (κ1) is 17.7. The second kappa shape index (κ2) is 8.82. The minimum Gasteiger partial charge on any atom is -0.497 e. The SMILES string of the molecule is COc1ccc2c(c1)C(Cc1ccccc1)NC2=O.CSOCl. The number of fused-ring (bicyclic) bond motifs is 1. The third kappa shape index (κ3) is 4.64. The number of methoxy groups -OCH3 is 1. The summed E-state index contributed by atoms with van der Waals surface area (Å²) < 4.78 is 9.16. The molecule has 0 fully saturated rings. The highest BCUT2D eigenvalue weighted by atomic mass is 35.5. The molecular weight excluding hydrogens is 334 g/mol. The largest absolute Gasteiger partial charge is 0.497 e. The van der Waals surface area contributed by atoms with Gasteiger partial charge in [-0.05, 0) is 35.7 Å². The summed E-state index contributed by atoms with van der Waals surface area (Å²) in [6.45, 7) is 0. The average Bonchev–Trinajstić information content (AvgIpc) is 2.91. The Bertz CT molecular complexity index is 650. The van der Waals surface area contributed by atoms with Crippen LogP contribution in [0.25, 0.3) is 0 Å². The molecule has 0 radical (unpaired) electrons. The van der Waals surface area contributed by atoms with Crippen LogP contribution >= 0.6 is 23.9 Å². The summed E-state index contributed by atoms with van der Waals surface area (Å²) in [6.07, 6.45) is 2.54. The summed E-state index contributed by atoms with van der Waals surface area (Å²) in [5.74, 6) is 0.784. The van der Waals surface area contributed by atoms with Crippen LogP contribution in [-0.2, 0) is 10.2 Å². The Morgan fingerprint density at radius 3 is 2.52 bits per heavy atom. The molecule has 1 aliphatic rings. The van der Waals surface area contributed by atoms with Gasteiger partial charge >= 0.3 is 0 Å². The van der Waals surface area contributed by atoms with E-state index in [2.05, 4.69) is 33.1 Å². The highest BCUT2D eigenvalue weighted by molar-refractivity contribution is 7.94. The molecule has 1 heterocycles. The van der Waals surface area contributed by atoms with Crippen molar-refractivity contribution in [2.75, 3.05) is 13.4 Å². The van der Waals surface area contributed by atoms with Gasteiger partial charge in [0.2, 0.25) is 0 Å². The average molecular weight is 352 g/mol. The molecule has 0 saturated carbocycles. The molecule has 1 atom stereocenters. The van der Waals surface area contributed by atoms with E-state index in [4.69, 9.17) is 4.74 Å². The van der Waals surface area contributed by atoms with E-state index < -0.39 is 0 Å². The molecule has 1 N–H and O–H groups in total. The van der Waals surface area contributed by atoms with Crippen molar-refractivity contribution in [3.63, 3.8) is 0 Å². The van der Waals surface area contributed by atoms with E-state index in [9.17, 15) is 4.79 Å². The van der Waals surface area contributed by atoms with Crippen molar-refractivity contribution in [3.05, 3.63) is 65.2 Å². The zero-order valence-corrected chi connectivity index (χ0v) is 14.5. The Balaban J connectivity index is 0.000000433. The molecule has 0 bridgehead atoms. The molecule has 23 heavy (non-hydrogen) atoms. The number of nitrogens with one attached hydrogen (secondary N) is 1. The Hall–Kier alpha value is -1.69. The highest BCUT2D eigenvalue weighted by Crippen LogP contribution is 2.31. The summed E-state index contributed by atoms with van der Waals surface area (Å²) >= 11 is 5.77. The van der Waals surface area contributed by atoms with E-state index in [0.29, 0.717) is 0 Å². The molecule has 3 rings (SSSR count). The monoisotopic (exact) mass is 351 g/mol. The first-order chi connectivity index (χ1) is 11.2. The van der Waals surface area contributed by atoms with Crippen LogP contribution < -0.4 is 10.1 Å². The van der Waals surface area contributed by atoms with Crippen LogP contribution in [0.3, 0.4) is 0 Å². The first-order valence-electron chi connectivity index (χ1n) is 7.03. The molecule has 2 aromatic rings. The van der Waals surface area contributed by atoms with E-state index in [-0.39, 0.29) is 11.9 Å². The van der Waals surface area contributed by atoms with E-state index in [1.807, 2.05) is 36.4 Å². The van der Waals surface area contributed by atoms with Crippen LogP contribution in [0, 0.1) is 0 Å². The predicted octanol–water partition coefficient (Wildman–Crippen LogP) is 4.16. The van der Waals surface area contributed by atoms with Gasteiger partial charge in [-0.3, -0.25) is 4.79 Å². The summed E-state index contributed by atoms with van der Waals surface area (Å²) in [4.78, 5) is 11.9. The lowest BCUT2D eigenvalue weighted by Gasteiger charge is -2.12. The van der Waals surface area contributed by atoms with Crippen LogP contribution in [-0.4, -0.2) is 19.3 Å². The summed E-state index contributed by atoms with van der Waals surface area (Å²) in [5, 5.41) is 3.02. The van der Waals surface area contributed by atoms with E-state index >= 15 is 0 Å². The molecule has 122 valence electrons. The van der Waals surface area contributed by atoms with Gasteiger partial charge in [0.1, 0.15) is 5.75 Å². The van der Waals surface area contributed by atoms with E-state index in [1.54, 1.807) is 13.4 Å². The van der Waals surface area contributed by atoms with Gasteiger partial charge in [0, 0.05) is 23.9 Å². The number of halogens is 1. The minimum absolute atomic E-state index is 0.00131. The van der Waals surface area contributed by atoms with Crippen molar-refractivity contribution in [2.45, 2.75) is 12.5 Å². The van der Waals surface area contributed by atoms with Crippen LogP contribution in [0.15, 0.2) is 48.5 Å². The predicted molar refractivity (Wildman–Crippen MR) is 93.8 cm³/mol. The number of amides is 1. The Kier molecular flexibility index (Phi) is 6.77. The van der Waals surface area contributed by atoms with E-state index in [1.165, 1.54) is 5.56 Å². The summed E-state index contributed by atoms with van der Waals surface area (Å²) in [5.41, 5.74) is 2.98. The molecule has 1 amide bonds. The maximum atomic E-state index is 11.9. The third-order valence-electron chi connectivity index (χ3n) is 3.53. The Morgan fingerprint density at radius 2 is 1.91 bits per heavy atom. The topological polar surface area (TPSA) is 47.6 Å². The molecular formula is C17H18ClNO3S. The fourth-order valence-corrected chi connectivity index (χ4v) is 2.49. The number of benzene rings is 2. The van der Waals surface area contributed by atoms with Gasteiger partial charge in [-0.25, -0.2) is 3.74 Å². The van der Waals surface area contributed by atoms with Crippen molar-refractivity contribution < 1.29 is 13.3 Å². The summed E-state index contributed by atoms with van der Waals surface area (Å²) in [7, 11) is 1.64. The van der Waals surface area contributed by atoms with Crippen molar-refractivity contribution in [1.82, 2.24) is 5.32 Å². The molecule has 0 spiro atoms. The number of hydrogen-bond acceptors (Lipinski definition) is 4. The molecule has 0 saturated heterocycles. The minimum atomic E-state index is -0.00131. The number of carbonyl (C=O) groups is 1. The van der Waals surface area contributed by atoms with Crippen molar-refractivity contribution >= 4 is 29.8 Å². The van der Waals surface area contributed by atoms with E-state index in [0.717, 1.165) is 35.3 Å². The third-order valence-corrected chi connectivity index (χ3v) is 4.03. The Labute approximate surface area is 145 Å². The lowest BCUT2D eigenvalue weighted by atomic mass is 9.98. The van der Waals surface area contributed by atoms with Crippen LogP contribution in [0.1, 0.15) is 27.5 Å². The number of ether oxygens (including phenoxy) is 1. The molecule has 0 aromatic heterocycles. The standard InChI is InChI=1S/C16H15NO2.CH3ClOS/c1-19-12-7-8-13-14(10-12)15(17-16(13)18)9-11-5-3-2-4-6-11;1-4-3-2/h2-8,10,15H,9H2,1H3,(H,17,18);1H3. The van der Waals surface area contributed by atoms with Crippen molar-refractivity contribution in [1.29, 1.82) is 0 Å². The van der Waals surface area contributed by atoms with Gasteiger partial charge in [-0.2, -0.15) is 0 Å². The van der Waals surface area contributed by atoms with Crippen LogP contribution in [0.2, 0.25) is 0 Å². The van der Waals surface area contributed by atoms with Gasteiger partial charge in [0.05, 0.1) is 25.0 Å². The molecule has 2 aromatic carbocycles. The lowest BCUT2D eigenvalue weighted by molar-refractivity contribution is 0.0956. The fraction of sp³-hybridized carbons (Fsp3) is 0.235. The molecule has 0 aliphatic carbocycles. The number of hydrogen-bond donors (Lipinski definition) is 1. The van der Waals surface area contributed by atoms with Crippen molar-refractivity contribution in [3.8, 4) is 5.75 Å². The van der Waals surface area contributed by atoms with Crippen LogP contribution in [0.4, 0.5) is 0 Å². The van der Waals surface area contributed by atoms with Gasteiger partial charge in [0.15, 0.2) is 0 Å². The molecule has 1 aliphatic heterocycles. The summed E-state index contributed by atoms with van der Waals surface area (Å²) in [6, 6.07) is 15.8. The molecule has 6 heteroatoms. The van der Waals surface area contributed by atoms with Gasteiger partial charge in [0.25, 0.3) is 5.91 Å². The highest BCUT2D eigenvalue weighted by Gasteiger charge is 2.28. The number of carbonyl (C=O) groups excluding carboxylic acids is 1. The van der Waals surface area contributed by atoms with Gasteiger partial charge < -0.3 is 10.1 Å². The maximum absolute atomic E-state index is 11.9. The smallest absolute Gasteiger partial charge is 0.252 e. The second-order valence-corrected chi connectivity index (χ2v) is 5.74. The molecule has 1 unspecified atom stereocenters. The van der Waals surface area contributed by atoms with Crippen LogP contribution in [0.5, 0.6) is 5.75 Å². The Morgan fingerprint density at radius 1 is 1.22 bits per heavy atom. The fourth-order valence-electron chi connectivity index (χ4n) is 2.49. The maximum Gasteiger partial charge on any atom is 0.252 e.